The highest BCUT2D eigenvalue weighted by Crippen LogP contribution is 2.26. The second-order valence-electron chi connectivity index (χ2n) is 5.05. The minimum atomic E-state index is -0.366. The average Bonchev–Trinajstić information content (AvgIpc) is 2.74. The third-order valence-electron chi connectivity index (χ3n) is 3.35. The molecular weight excluding hydrogens is 278 g/mol. The standard InChI is InChI=1S/C13H17N3O3S/c1-7-3-11(17)16(12(18)4-7)6-9-5-10(13(19)15-14)20-8(9)2/h5,7H,3-4,6,14H2,1-2H3,(H,15,19). The summed E-state index contributed by atoms with van der Waals surface area (Å²) in [5.41, 5.74) is 2.88. The van der Waals surface area contributed by atoms with Crippen molar-refractivity contribution >= 4 is 29.1 Å². The van der Waals surface area contributed by atoms with E-state index in [0.29, 0.717) is 17.7 Å². The van der Waals surface area contributed by atoms with Crippen molar-refractivity contribution in [3.05, 3.63) is 21.4 Å². The molecule has 0 unspecified atom stereocenters. The first-order chi connectivity index (χ1) is 9.42. The fraction of sp³-hybridized carbons (Fsp3) is 0.462. The molecule has 1 aromatic heterocycles. The lowest BCUT2D eigenvalue weighted by molar-refractivity contribution is -0.150. The van der Waals surface area contributed by atoms with E-state index >= 15 is 0 Å². The lowest BCUT2D eigenvalue weighted by atomic mass is 9.97. The number of piperidine rings is 1. The van der Waals surface area contributed by atoms with Gasteiger partial charge in [0, 0.05) is 17.7 Å². The number of carbonyl (C=O) groups is 3. The Bertz CT molecular complexity index is 549. The zero-order valence-electron chi connectivity index (χ0n) is 11.4. The fourth-order valence-electron chi connectivity index (χ4n) is 2.23. The number of hydrogen-bond acceptors (Lipinski definition) is 5. The molecule has 1 aliphatic heterocycles. The number of nitrogens with zero attached hydrogens (tertiary/aromatic N) is 1. The predicted octanol–water partition coefficient (Wildman–Crippen LogP) is 0.945. The van der Waals surface area contributed by atoms with Crippen molar-refractivity contribution in [3.63, 3.8) is 0 Å². The van der Waals surface area contributed by atoms with Crippen molar-refractivity contribution < 1.29 is 14.4 Å². The van der Waals surface area contributed by atoms with Gasteiger partial charge in [0.15, 0.2) is 0 Å². The maximum absolute atomic E-state index is 11.9. The summed E-state index contributed by atoms with van der Waals surface area (Å²) in [6.45, 7) is 3.98. The van der Waals surface area contributed by atoms with Crippen LogP contribution in [0.25, 0.3) is 0 Å². The molecule has 2 rings (SSSR count). The summed E-state index contributed by atoms with van der Waals surface area (Å²) in [5, 5.41) is 0. The maximum atomic E-state index is 11.9. The molecule has 0 bridgehead atoms. The molecule has 1 aliphatic rings. The molecule has 0 saturated carbocycles. The van der Waals surface area contributed by atoms with Crippen LogP contribution in [-0.2, 0) is 16.1 Å². The number of rotatable bonds is 3. The van der Waals surface area contributed by atoms with E-state index in [1.54, 1.807) is 6.07 Å². The topological polar surface area (TPSA) is 92.5 Å². The molecule has 0 aromatic carbocycles. The van der Waals surface area contributed by atoms with Gasteiger partial charge in [0.05, 0.1) is 11.4 Å². The fourth-order valence-corrected chi connectivity index (χ4v) is 3.17. The van der Waals surface area contributed by atoms with Gasteiger partial charge >= 0.3 is 0 Å². The second-order valence-corrected chi connectivity index (χ2v) is 6.31. The number of hydrogen-bond donors (Lipinski definition) is 2. The highest BCUT2D eigenvalue weighted by Gasteiger charge is 2.30. The maximum Gasteiger partial charge on any atom is 0.275 e. The van der Waals surface area contributed by atoms with Crippen molar-refractivity contribution in [2.24, 2.45) is 11.8 Å². The van der Waals surface area contributed by atoms with Gasteiger partial charge in [0.25, 0.3) is 5.91 Å². The Labute approximate surface area is 120 Å². The van der Waals surface area contributed by atoms with Gasteiger partial charge in [0.2, 0.25) is 11.8 Å². The normalized spacial score (nSPS) is 16.6. The van der Waals surface area contributed by atoms with Crippen LogP contribution >= 0.6 is 11.3 Å². The van der Waals surface area contributed by atoms with E-state index in [4.69, 9.17) is 5.84 Å². The Morgan fingerprint density at radius 2 is 2.05 bits per heavy atom. The Morgan fingerprint density at radius 3 is 2.60 bits per heavy atom. The first-order valence-electron chi connectivity index (χ1n) is 6.35. The van der Waals surface area contributed by atoms with Crippen LogP contribution in [-0.4, -0.2) is 22.6 Å². The number of nitrogen functional groups attached to an aromatic ring is 1. The third kappa shape index (κ3) is 2.88. The molecule has 1 saturated heterocycles. The molecule has 3 amide bonds. The van der Waals surface area contributed by atoms with Gasteiger partial charge in [-0.3, -0.25) is 24.7 Å². The average molecular weight is 295 g/mol. The van der Waals surface area contributed by atoms with Crippen LogP contribution in [0.5, 0.6) is 0 Å². The van der Waals surface area contributed by atoms with Gasteiger partial charge in [-0.25, -0.2) is 5.84 Å². The van der Waals surface area contributed by atoms with Crippen LogP contribution in [0.2, 0.25) is 0 Å². The number of carbonyl (C=O) groups excluding carboxylic acids is 3. The minimum absolute atomic E-state index is 0.105. The van der Waals surface area contributed by atoms with Crippen molar-refractivity contribution in [2.45, 2.75) is 33.2 Å². The molecular formula is C13H17N3O3S. The van der Waals surface area contributed by atoms with Crippen molar-refractivity contribution in [2.75, 3.05) is 0 Å². The molecule has 6 nitrogen and oxygen atoms in total. The Kier molecular flexibility index (Phi) is 4.20. The number of thiophene rings is 1. The first-order valence-corrected chi connectivity index (χ1v) is 7.17. The molecule has 7 heteroatoms. The summed E-state index contributed by atoms with van der Waals surface area (Å²) < 4.78 is 0. The SMILES string of the molecule is Cc1sc(C(=O)NN)cc1CN1C(=O)CC(C)CC1=O. The molecule has 20 heavy (non-hydrogen) atoms. The molecule has 0 spiro atoms. The van der Waals surface area contributed by atoms with Crippen LogP contribution in [0.1, 0.15) is 39.9 Å². The lowest BCUT2D eigenvalue weighted by Crippen LogP contribution is -2.42. The van der Waals surface area contributed by atoms with E-state index < -0.39 is 0 Å². The van der Waals surface area contributed by atoms with Gasteiger partial charge in [-0.1, -0.05) is 6.92 Å². The van der Waals surface area contributed by atoms with Crippen molar-refractivity contribution in [1.29, 1.82) is 0 Å². The van der Waals surface area contributed by atoms with Crippen LogP contribution < -0.4 is 11.3 Å². The number of nitrogens with one attached hydrogen (secondary N) is 1. The van der Waals surface area contributed by atoms with Crippen molar-refractivity contribution in [3.8, 4) is 0 Å². The number of nitrogens with two attached hydrogens (primary N) is 1. The Hall–Kier alpha value is -1.73. The number of imide groups is 1. The molecule has 2 heterocycles. The summed E-state index contributed by atoms with van der Waals surface area (Å²) in [5.74, 6) is 4.54. The zero-order valence-corrected chi connectivity index (χ0v) is 12.3. The van der Waals surface area contributed by atoms with Gasteiger partial charge in [-0.05, 0) is 24.5 Å². The summed E-state index contributed by atoms with van der Waals surface area (Å²) in [6, 6.07) is 1.68. The summed E-state index contributed by atoms with van der Waals surface area (Å²) in [6.07, 6.45) is 0.788. The lowest BCUT2D eigenvalue weighted by Gasteiger charge is -2.28. The minimum Gasteiger partial charge on any atom is -0.289 e. The van der Waals surface area contributed by atoms with Gasteiger partial charge in [0.1, 0.15) is 0 Å². The number of hydrazine groups is 1. The zero-order chi connectivity index (χ0) is 14.9. The van der Waals surface area contributed by atoms with Crippen LogP contribution in [0, 0.1) is 12.8 Å². The van der Waals surface area contributed by atoms with Crippen molar-refractivity contribution in [1.82, 2.24) is 10.3 Å². The highest BCUT2D eigenvalue weighted by atomic mass is 32.1. The van der Waals surface area contributed by atoms with E-state index in [2.05, 4.69) is 5.43 Å². The van der Waals surface area contributed by atoms with Gasteiger partial charge in [-0.15, -0.1) is 11.3 Å². The number of aryl methyl sites for hydroxylation is 1. The van der Waals surface area contributed by atoms with E-state index in [9.17, 15) is 14.4 Å². The molecule has 1 fully saturated rings. The van der Waals surface area contributed by atoms with E-state index in [1.165, 1.54) is 16.2 Å². The van der Waals surface area contributed by atoms with E-state index in [-0.39, 0.29) is 30.2 Å². The summed E-state index contributed by atoms with van der Waals surface area (Å²) >= 11 is 1.30. The van der Waals surface area contributed by atoms with E-state index in [1.807, 2.05) is 13.8 Å². The molecule has 3 N–H and O–H groups in total. The molecule has 1 aromatic rings. The third-order valence-corrected chi connectivity index (χ3v) is 4.44. The molecule has 0 atom stereocenters. The van der Waals surface area contributed by atoms with Gasteiger partial charge in [-0.2, -0.15) is 0 Å². The predicted molar refractivity (Wildman–Crippen MR) is 74.7 cm³/mol. The first kappa shape index (κ1) is 14.7. The monoisotopic (exact) mass is 295 g/mol. The van der Waals surface area contributed by atoms with E-state index in [0.717, 1.165) is 10.4 Å². The highest BCUT2D eigenvalue weighted by molar-refractivity contribution is 7.14. The second kappa shape index (κ2) is 5.72. The summed E-state index contributed by atoms with van der Waals surface area (Å²) in [7, 11) is 0. The number of likely N-dealkylation sites (tertiary alicyclic amines) is 1. The quantitative estimate of drug-likeness (QED) is 0.376. The summed E-state index contributed by atoms with van der Waals surface area (Å²) in [4.78, 5) is 38.0. The van der Waals surface area contributed by atoms with Crippen LogP contribution in [0.15, 0.2) is 6.07 Å². The number of amides is 3. The molecule has 108 valence electrons. The molecule has 0 aliphatic carbocycles. The Balaban J connectivity index is 2.17. The molecule has 0 radical (unpaired) electrons. The van der Waals surface area contributed by atoms with Crippen LogP contribution in [0.4, 0.5) is 0 Å². The van der Waals surface area contributed by atoms with Gasteiger partial charge < -0.3 is 0 Å². The smallest absolute Gasteiger partial charge is 0.275 e. The van der Waals surface area contributed by atoms with Crippen LogP contribution in [0.3, 0.4) is 0 Å². The largest absolute Gasteiger partial charge is 0.289 e. The Morgan fingerprint density at radius 1 is 1.45 bits per heavy atom.